The SMILES string of the molecule is CC(C)(C)OC(=O)NNC(=O)c1cc(NC(=O)[C@H]2[C@H](c3cc(Cl)cc(Cl)c3)C2(Cl)Cl)ccc1Cl. The van der Waals surface area contributed by atoms with Gasteiger partial charge in [-0.1, -0.05) is 34.8 Å². The Morgan fingerprint density at radius 2 is 1.56 bits per heavy atom. The molecule has 3 rings (SSSR count). The summed E-state index contributed by atoms with van der Waals surface area (Å²) in [7, 11) is 0. The van der Waals surface area contributed by atoms with Gasteiger partial charge in [0.25, 0.3) is 5.91 Å². The zero-order valence-electron chi connectivity index (χ0n) is 18.1. The second-order valence-corrected chi connectivity index (χ2v) is 11.3. The number of rotatable bonds is 4. The second kappa shape index (κ2) is 9.99. The number of hydrazine groups is 1. The number of amides is 3. The second-order valence-electron chi connectivity index (χ2n) is 8.60. The summed E-state index contributed by atoms with van der Waals surface area (Å²) in [6, 6.07) is 9.14. The van der Waals surface area contributed by atoms with Crippen molar-refractivity contribution in [3.05, 3.63) is 62.6 Å². The van der Waals surface area contributed by atoms with Gasteiger partial charge in [0, 0.05) is 21.7 Å². The number of carbonyl (C=O) groups is 3. The molecular weight excluding hydrogens is 548 g/mol. The van der Waals surface area contributed by atoms with Crippen LogP contribution in [-0.2, 0) is 9.53 Å². The lowest BCUT2D eigenvalue weighted by molar-refractivity contribution is -0.117. The molecule has 2 aromatic carbocycles. The Morgan fingerprint density at radius 1 is 0.941 bits per heavy atom. The molecule has 182 valence electrons. The molecule has 1 aliphatic carbocycles. The van der Waals surface area contributed by atoms with Crippen LogP contribution in [-0.4, -0.2) is 27.8 Å². The fourth-order valence-corrected chi connectivity index (χ4v) is 4.87. The van der Waals surface area contributed by atoms with E-state index in [1.165, 1.54) is 18.2 Å². The lowest BCUT2D eigenvalue weighted by Crippen LogP contribution is -2.44. The molecule has 34 heavy (non-hydrogen) atoms. The van der Waals surface area contributed by atoms with Crippen LogP contribution in [0.4, 0.5) is 10.5 Å². The molecule has 0 aromatic heterocycles. The van der Waals surface area contributed by atoms with Gasteiger partial charge >= 0.3 is 6.09 Å². The van der Waals surface area contributed by atoms with Crippen LogP contribution < -0.4 is 16.2 Å². The van der Waals surface area contributed by atoms with Crippen molar-refractivity contribution in [3.63, 3.8) is 0 Å². The largest absolute Gasteiger partial charge is 0.443 e. The van der Waals surface area contributed by atoms with Gasteiger partial charge < -0.3 is 10.1 Å². The minimum atomic E-state index is -1.36. The number of halogens is 5. The predicted octanol–water partition coefficient (Wildman–Crippen LogP) is 6.34. The molecular formula is C22H20Cl5N3O4. The van der Waals surface area contributed by atoms with Crippen LogP contribution in [0, 0.1) is 5.92 Å². The zero-order chi connectivity index (χ0) is 25.4. The summed E-state index contributed by atoms with van der Waals surface area (Å²) in [5.41, 5.74) is 4.51. The maximum absolute atomic E-state index is 12.9. The molecule has 0 spiro atoms. The third kappa shape index (κ3) is 6.40. The Bertz CT molecular complexity index is 1130. The fourth-order valence-electron chi connectivity index (χ4n) is 3.30. The Labute approximate surface area is 221 Å². The zero-order valence-corrected chi connectivity index (χ0v) is 21.9. The number of nitrogens with one attached hydrogen (secondary N) is 3. The van der Waals surface area contributed by atoms with Crippen molar-refractivity contribution in [2.75, 3.05) is 5.32 Å². The lowest BCUT2D eigenvalue weighted by atomic mass is 10.1. The molecule has 0 bridgehead atoms. The van der Waals surface area contributed by atoms with Crippen LogP contribution in [0.5, 0.6) is 0 Å². The highest BCUT2D eigenvalue weighted by atomic mass is 35.5. The molecule has 3 amide bonds. The summed E-state index contributed by atoms with van der Waals surface area (Å²) in [6.45, 7) is 5.04. The van der Waals surface area contributed by atoms with Crippen molar-refractivity contribution in [2.45, 2.75) is 36.6 Å². The molecule has 1 saturated carbocycles. The summed E-state index contributed by atoms with van der Waals surface area (Å²) in [6.07, 6.45) is -0.845. The topological polar surface area (TPSA) is 96.5 Å². The molecule has 3 N–H and O–H groups in total. The van der Waals surface area contributed by atoms with Gasteiger partial charge in [0.2, 0.25) is 5.91 Å². The lowest BCUT2D eigenvalue weighted by Gasteiger charge is -2.19. The van der Waals surface area contributed by atoms with Gasteiger partial charge in [0.1, 0.15) is 9.93 Å². The van der Waals surface area contributed by atoms with E-state index in [1.54, 1.807) is 39.0 Å². The van der Waals surface area contributed by atoms with Gasteiger partial charge in [-0.2, -0.15) is 0 Å². The summed E-state index contributed by atoms with van der Waals surface area (Å²) >= 11 is 31.0. The quantitative estimate of drug-likeness (QED) is 0.297. The molecule has 0 radical (unpaired) electrons. The highest BCUT2D eigenvalue weighted by Crippen LogP contribution is 2.65. The van der Waals surface area contributed by atoms with Crippen molar-refractivity contribution >= 4 is 81.6 Å². The van der Waals surface area contributed by atoms with Gasteiger partial charge in [-0.3, -0.25) is 15.0 Å². The van der Waals surface area contributed by atoms with Crippen LogP contribution in [0.3, 0.4) is 0 Å². The van der Waals surface area contributed by atoms with Gasteiger partial charge in [-0.05, 0) is 62.7 Å². The Morgan fingerprint density at radius 3 is 2.15 bits per heavy atom. The van der Waals surface area contributed by atoms with Crippen LogP contribution in [0.25, 0.3) is 0 Å². The fraction of sp³-hybridized carbons (Fsp3) is 0.318. The van der Waals surface area contributed by atoms with E-state index < -0.39 is 39.7 Å². The molecule has 1 fully saturated rings. The number of anilines is 1. The monoisotopic (exact) mass is 565 g/mol. The van der Waals surface area contributed by atoms with Gasteiger partial charge in [-0.25, -0.2) is 10.2 Å². The summed E-state index contributed by atoms with van der Waals surface area (Å²) in [5, 5.41) is 3.57. The maximum Gasteiger partial charge on any atom is 0.426 e. The highest BCUT2D eigenvalue weighted by molar-refractivity contribution is 6.53. The molecule has 1 aliphatic rings. The van der Waals surface area contributed by atoms with Crippen LogP contribution in [0.15, 0.2) is 36.4 Å². The molecule has 0 saturated heterocycles. The van der Waals surface area contributed by atoms with E-state index >= 15 is 0 Å². The Balaban J connectivity index is 1.69. The highest BCUT2D eigenvalue weighted by Gasteiger charge is 2.67. The first-order chi connectivity index (χ1) is 15.7. The van der Waals surface area contributed by atoms with Gasteiger partial charge in [-0.15, -0.1) is 23.2 Å². The van der Waals surface area contributed by atoms with Crippen molar-refractivity contribution < 1.29 is 19.1 Å². The van der Waals surface area contributed by atoms with Gasteiger partial charge in [0.15, 0.2) is 0 Å². The van der Waals surface area contributed by atoms with E-state index in [4.69, 9.17) is 62.7 Å². The average Bonchev–Trinajstić information content (AvgIpc) is 3.27. The summed E-state index contributed by atoms with van der Waals surface area (Å²) in [5.74, 6) is -2.49. The first-order valence-corrected chi connectivity index (χ1v) is 11.8. The number of ether oxygens (including phenoxy) is 1. The number of benzene rings is 2. The van der Waals surface area contributed by atoms with E-state index in [1.807, 2.05) is 0 Å². The van der Waals surface area contributed by atoms with Crippen molar-refractivity contribution in [1.29, 1.82) is 0 Å². The van der Waals surface area contributed by atoms with Crippen molar-refractivity contribution in [3.8, 4) is 0 Å². The molecule has 0 unspecified atom stereocenters. The third-order valence-corrected chi connectivity index (χ3v) is 6.44. The summed E-state index contributed by atoms with van der Waals surface area (Å²) < 4.78 is 3.69. The van der Waals surface area contributed by atoms with E-state index in [0.29, 0.717) is 15.6 Å². The third-order valence-electron chi connectivity index (χ3n) is 4.74. The first-order valence-electron chi connectivity index (χ1n) is 9.92. The molecule has 0 heterocycles. The average molecular weight is 568 g/mol. The number of hydrogen-bond donors (Lipinski definition) is 3. The predicted molar refractivity (Wildman–Crippen MR) is 134 cm³/mol. The minimum absolute atomic E-state index is 0.00695. The van der Waals surface area contributed by atoms with Crippen LogP contribution in [0.2, 0.25) is 15.1 Å². The van der Waals surface area contributed by atoms with E-state index in [-0.39, 0.29) is 16.3 Å². The number of hydrogen-bond acceptors (Lipinski definition) is 4. The van der Waals surface area contributed by atoms with Crippen molar-refractivity contribution in [1.82, 2.24) is 10.9 Å². The molecule has 7 nitrogen and oxygen atoms in total. The maximum atomic E-state index is 12.9. The standard InChI is InChI=1S/C22H20Cl5N3O4/c1-21(2,3)34-20(33)30-29-18(31)14-9-13(4-5-15(14)25)28-19(32)17-16(22(17,26)27)10-6-11(23)8-12(24)7-10/h4-9,16-17H,1-3H3,(H,28,32)(H,29,31)(H,30,33)/t16-,17+/m0/s1. The van der Waals surface area contributed by atoms with E-state index in [9.17, 15) is 14.4 Å². The molecule has 12 heteroatoms. The van der Waals surface area contributed by atoms with Crippen molar-refractivity contribution in [2.24, 2.45) is 5.92 Å². The number of alkyl halides is 2. The molecule has 0 aliphatic heterocycles. The molecule has 2 atom stereocenters. The van der Waals surface area contributed by atoms with E-state index in [2.05, 4.69) is 16.2 Å². The molecule has 2 aromatic rings. The van der Waals surface area contributed by atoms with Gasteiger partial charge in [0.05, 0.1) is 16.5 Å². The Kier molecular flexibility index (Phi) is 7.85. The van der Waals surface area contributed by atoms with E-state index in [0.717, 1.165) is 0 Å². The van der Waals surface area contributed by atoms with Crippen LogP contribution in [0.1, 0.15) is 42.6 Å². The number of carbonyl (C=O) groups excluding carboxylic acids is 3. The normalized spacial score (nSPS) is 18.6. The van der Waals surface area contributed by atoms with Crippen LogP contribution >= 0.6 is 58.0 Å². The smallest absolute Gasteiger partial charge is 0.426 e. The Hall–Kier alpha value is -1.90. The first kappa shape index (κ1) is 26.7. The minimum Gasteiger partial charge on any atom is -0.443 e. The summed E-state index contributed by atoms with van der Waals surface area (Å²) in [4.78, 5) is 37.1.